The molecule has 33 heavy (non-hydrogen) atoms. The fraction of sp³-hybridized carbons (Fsp3) is 0.400. The Morgan fingerprint density at radius 2 is 1.79 bits per heavy atom. The zero-order valence-electron chi connectivity index (χ0n) is 19.3. The first kappa shape index (κ1) is 22.9. The number of halogens is 1. The standard InChI is InChI=1S/C25H29FN4O3/c1-15-8-9-16-18(14-15)27-22(20-17(26)6-5-7-19(20)31)28-23(16)29-10-12-30(13-11-29)24(33)21(32)25(2,3)4/h5-9,14,21,31-32H,10-13H2,1-4H3/t21-/m1/s1. The molecule has 1 aliphatic rings. The first-order chi connectivity index (χ1) is 15.6. The second-order valence-electron chi connectivity index (χ2n) is 9.61. The summed E-state index contributed by atoms with van der Waals surface area (Å²) in [5.41, 5.74) is 1.08. The Morgan fingerprint density at radius 1 is 1.09 bits per heavy atom. The average Bonchev–Trinajstić information content (AvgIpc) is 2.76. The Labute approximate surface area is 192 Å². The van der Waals surface area contributed by atoms with Crippen molar-refractivity contribution in [3.63, 3.8) is 0 Å². The van der Waals surface area contributed by atoms with E-state index in [1.54, 1.807) is 4.90 Å². The molecule has 0 spiro atoms. The van der Waals surface area contributed by atoms with Crippen LogP contribution < -0.4 is 4.90 Å². The summed E-state index contributed by atoms with van der Waals surface area (Å²) in [5.74, 6) is -0.358. The van der Waals surface area contributed by atoms with Gasteiger partial charge in [-0.2, -0.15) is 0 Å². The molecule has 4 rings (SSSR count). The van der Waals surface area contributed by atoms with Gasteiger partial charge in [0.1, 0.15) is 23.5 Å². The minimum absolute atomic E-state index is 0.0377. The summed E-state index contributed by atoms with van der Waals surface area (Å²) < 4.78 is 14.6. The predicted octanol–water partition coefficient (Wildman–Crippen LogP) is 3.51. The molecule has 2 N–H and O–H groups in total. The van der Waals surface area contributed by atoms with Crippen LogP contribution >= 0.6 is 0 Å². The second-order valence-corrected chi connectivity index (χ2v) is 9.61. The first-order valence-corrected chi connectivity index (χ1v) is 11.0. The monoisotopic (exact) mass is 452 g/mol. The lowest BCUT2D eigenvalue weighted by Crippen LogP contribution is -2.53. The fourth-order valence-corrected chi connectivity index (χ4v) is 3.99. The van der Waals surface area contributed by atoms with Crippen molar-refractivity contribution in [2.75, 3.05) is 31.1 Å². The number of aliphatic hydroxyl groups excluding tert-OH is 1. The molecule has 0 unspecified atom stereocenters. The topological polar surface area (TPSA) is 89.8 Å². The number of aliphatic hydroxyl groups is 1. The Bertz CT molecular complexity index is 1180. The lowest BCUT2D eigenvalue weighted by Gasteiger charge is -2.38. The smallest absolute Gasteiger partial charge is 0.252 e. The highest BCUT2D eigenvalue weighted by molar-refractivity contribution is 5.92. The molecule has 0 saturated carbocycles. The summed E-state index contributed by atoms with van der Waals surface area (Å²) in [7, 11) is 0. The molecule has 1 atom stereocenters. The molecule has 2 heterocycles. The maximum absolute atomic E-state index is 14.6. The third-order valence-corrected chi connectivity index (χ3v) is 5.99. The molecule has 1 saturated heterocycles. The number of phenolic OH excluding ortho intramolecular Hbond substituents is 1. The van der Waals surface area contributed by atoms with E-state index in [1.807, 2.05) is 50.8 Å². The zero-order chi connectivity index (χ0) is 23.9. The van der Waals surface area contributed by atoms with Crippen LogP contribution in [0.5, 0.6) is 5.75 Å². The van der Waals surface area contributed by atoms with Crippen molar-refractivity contribution in [1.29, 1.82) is 0 Å². The first-order valence-electron chi connectivity index (χ1n) is 11.0. The van der Waals surface area contributed by atoms with Crippen molar-refractivity contribution in [2.45, 2.75) is 33.8 Å². The number of phenols is 1. The lowest BCUT2D eigenvalue weighted by molar-refractivity contribution is -0.146. The Balaban J connectivity index is 1.69. The molecular formula is C25H29FN4O3. The van der Waals surface area contributed by atoms with Gasteiger partial charge < -0.3 is 20.0 Å². The number of aromatic nitrogens is 2. The van der Waals surface area contributed by atoms with Crippen molar-refractivity contribution in [3.8, 4) is 17.1 Å². The number of carbonyl (C=O) groups excluding carboxylic acids is 1. The van der Waals surface area contributed by atoms with Crippen LogP contribution in [0, 0.1) is 18.2 Å². The molecule has 1 fully saturated rings. The van der Waals surface area contributed by atoms with E-state index >= 15 is 0 Å². The number of hydrogen-bond acceptors (Lipinski definition) is 6. The van der Waals surface area contributed by atoms with Gasteiger partial charge in [-0.05, 0) is 42.2 Å². The molecule has 1 aliphatic heterocycles. The Kier molecular flexibility index (Phi) is 5.97. The number of nitrogens with zero attached hydrogens (tertiary/aromatic N) is 4. The predicted molar refractivity (Wildman–Crippen MR) is 126 cm³/mol. The summed E-state index contributed by atoms with van der Waals surface area (Å²) in [6, 6.07) is 9.92. The average molecular weight is 453 g/mol. The lowest BCUT2D eigenvalue weighted by atomic mass is 9.88. The quantitative estimate of drug-likeness (QED) is 0.632. The molecule has 2 aromatic carbocycles. The number of piperazine rings is 1. The normalized spacial score (nSPS) is 15.7. The number of aryl methyl sites for hydroxylation is 1. The molecule has 1 amide bonds. The largest absolute Gasteiger partial charge is 0.507 e. The van der Waals surface area contributed by atoms with Gasteiger partial charge in [0.25, 0.3) is 5.91 Å². The molecule has 0 bridgehead atoms. The van der Waals surface area contributed by atoms with Crippen LogP contribution in [-0.2, 0) is 4.79 Å². The highest BCUT2D eigenvalue weighted by atomic mass is 19.1. The van der Waals surface area contributed by atoms with E-state index in [9.17, 15) is 19.4 Å². The zero-order valence-corrected chi connectivity index (χ0v) is 19.3. The van der Waals surface area contributed by atoms with Crippen molar-refractivity contribution in [3.05, 3.63) is 47.8 Å². The number of aromatic hydroxyl groups is 1. The molecule has 0 aliphatic carbocycles. The molecule has 174 valence electrons. The fourth-order valence-electron chi connectivity index (χ4n) is 3.99. The van der Waals surface area contributed by atoms with Crippen molar-refractivity contribution < 1.29 is 19.4 Å². The Hall–Kier alpha value is -3.26. The number of benzene rings is 2. The van der Waals surface area contributed by atoms with E-state index in [-0.39, 0.29) is 23.0 Å². The van der Waals surface area contributed by atoms with Crippen LogP contribution in [0.4, 0.5) is 10.2 Å². The van der Waals surface area contributed by atoms with E-state index in [4.69, 9.17) is 0 Å². The van der Waals surface area contributed by atoms with E-state index in [0.29, 0.717) is 37.5 Å². The van der Waals surface area contributed by atoms with Crippen LogP contribution in [0.1, 0.15) is 26.3 Å². The third-order valence-electron chi connectivity index (χ3n) is 5.99. The molecule has 1 aromatic heterocycles. The number of amides is 1. The number of anilines is 1. The Morgan fingerprint density at radius 3 is 2.42 bits per heavy atom. The van der Waals surface area contributed by atoms with E-state index < -0.39 is 17.3 Å². The van der Waals surface area contributed by atoms with Crippen LogP contribution in [0.2, 0.25) is 0 Å². The van der Waals surface area contributed by atoms with Crippen LogP contribution in [0.3, 0.4) is 0 Å². The summed E-state index contributed by atoms with van der Waals surface area (Å²) >= 11 is 0. The second kappa shape index (κ2) is 8.59. The summed E-state index contributed by atoms with van der Waals surface area (Å²) in [4.78, 5) is 25.6. The van der Waals surface area contributed by atoms with Gasteiger partial charge in [-0.3, -0.25) is 4.79 Å². The maximum Gasteiger partial charge on any atom is 0.252 e. The van der Waals surface area contributed by atoms with Gasteiger partial charge in [0.05, 0.1) is 11.1 Å². The van der Waals surface area contributed by atoms with Gasteiger partial charge in [-0.1, -0.05) is 32.9 Å². The number of rotatable bonds is 3. The van der Waals surface area contributed by atoms with Crippen LogP contribution in [0.25, 0.3) is 22.3 Å². The minimum atomic E-state index is -1.07. The maximum atomic E-state index is 14.6. The van der Waals surface area contributed by atoms with E-state index in [0.717, 1.165) is 10.9 Å². The highest BCUT2D eigenvalue weighted by Crippen LogP contribution is 2.34. The van der Waals surface area contributed by atoms with Gasteiger partial charge in [0, 0.05) is 31.6 Å². The van der Waals surface area contributed by atoms with Gasteiger partial charge in [-0.15, -0.1) is 0 Å². The molecule has 0 radical (unpaired) electrons. The minimum Gasteiger partial charge on any atom is -0.507 e. The molecular weight excluding hydrogens is 423 g/mol. The van der Waals surface area contributed by atoms with Crippen molar-refractivity contribution in [1.82, 2.24) is 14.9 Å². The third kappa shape index (κ3) is 4.48. The number of fused-ring (bicyclic) bond motifs is 1. The number of carbonyl (C=O) groups is 1. The highest BCUT2D eigenvalue weighted by Gasteiger charge is 2.34. The SMILES string of the molecule is Cc1ccc2c(N3CCN(C(=O)[C@@H](O)C(C)(C)C)CC3)nc(-c3c(O)cccc3F)nc2c1. The van der Waals surface area contributed by atoms with E-state index in [2.05, 4.69) is 9.97 Å². The van der Waals surface area contributed by atoms with Gasteiger partial charge in [-0.25, -0.2) is 14.4 Å². The molecule has 8 heteroatoms. The van der Waals surface area contributed by atoms with Crippen LogP contribution in [0.15, 0.2) is 36.4 Å². The number of hydrogen-bond donors (Lipinski definition) is 2. The summed E-state index contributed by atoms with van der Waals surface area (Å²) in [5, 5.41) is 21.5. The van der Waals surface area contributed by atoms with Crippen LogP contribution in [-0.4, -0.2) is 63.3 Å². The van der Waals surface area contributed by atoms with Gasteiger partial charge >= 0.3 is 0 Å². The molecule has 7 nitrogen and oxygen atoms in total. The summed E-state index contributed by atoms with van der Waals surface area (Å²) in [6.45, 7) is 9.33. The van der Waals surface area contributed by atoms with Gasteiger partial charge in [0.15, 0.2) is 5.82 Å². The van der Waals surface area contributed by atoms with Gasteiger partial charge in [0.2, 0.25) is 0 Å². The van der Waals surface area contributed by atoms with Crippen molar-refractivity contribution in [2.24, 2.45) is 5.41 Å². The van der Waals surface area contributed by atoms with Crippen molar-refractivity contribution >= 4 is 22.6 Å². The summed E-state index contributed by atoms with van der Waals surface area (Å²) in [6.07, 6.45) is -1.07. The van der Waals surface area contributed by atoms with E-state index in [1.165, 1.54) is 18.2 Å². The molecule has 3 aromatic rings.